The first-order chi connectivity index (χ1) is 17.0. The molecular weight excluding hydrogens is 452 g/mol. The Hall–Kier alpha value is -4.86. The lowest BCUT2D eigenvalue weighted by molar-refractivity contribution is -0.385. The summed E-state index contributed by atoms with van der Waals surface area (Å²) >= 11 is 0. The lowest BCUT2D eigenvalue weighted by Crippen LogP contribution is -2.20. The molecule has 0 saturated heterocycles. The first-order valence-electron chi connectivity index (χ1n) is 10.7. The normalized spacial score (nSPS) is 11.0. The second kappa shape index (κ2) is 10.4. The van der Waals surface area contributed by atoms with Crippen molar-refractivity contribution in [3.05, 3.63) is 98.8 Å². The maximum Gasteiger partial charge on any atom is 0.344 e. The molecule has 0 radical (unpaired) electrons. The number of nitro benzene ring substituents is 1. The van der Waals surface area contributed by atoms with E-state index in [1.54, 1.807) is 43.3 Å². The average molecular weight is 472 g/mol. The van der Waals surface area contributed by atoms with E-state index in [0.717, 1.165) is 4.68 Å². The number of para-hydroxylation sites is 2. The van der Waals surface area contributed by atoms with Crippen LogP contribution in [0, 0.1) is 10.1 Å². The van der Waals surface area contributed by atoms with Gasteiger partial charge in [0.2, 0.25) is 5.75 Å². The number of aromatic nitrogens is 2. The molecule has 4 rings (SSSR count). The summed E-state index contributed by atoms with van der Waals surface area (Å²) in [6.45, 7) is 1.26. The maximum atomic E-state index is 13.3. The molecule has 35 heavy (non-hydrogen) atoms. The van der Waals surface area contributed by atoms with Gasteiger partial charge in [0.15, 0.2) is 12.4 Å². The van der Waals surface area contributed by atoms with Crippen LogP contribution in [-0.4, -0.2) is 40.0 Å². The van der Waals surface area contributed by atoms with E-state index in [2.05, 4.69) is 10.1 Å². The molecule has 10 heteroatoms. The predicted octanol–water partition coefficient (Wildman–Crippen LogP) is 3.80. The summed E-state index contributed by atoms with van der Waals surface area (Å²) in [6.07, 6.45) is 1.26. The highest BCUT2D eigenvalue weighted by Gasteiger charge is 2.20. The number of hydrogen-bond donors (Lipinski definition) is 0. The van der Waals surface area contributed by atoms with Crippen molar-refractivity contribution in [1.29, 1.82) is 0 Å². The van der Waals surface area contributed by atoms with Gasteiger partial charge in [0, 0.05) is 17.2 Å². The molecule has 1 heterocycles. The Labute approximate surface area is 199 Å². The van der Waals surface area contributed by atoms with Crippen LogP contribution in [0.1, 0.15) is 12.5 Å². The van der Waals surface area contributed by atoms with Crippen molar-refractivity contribution in [2.24, 2.45) is 5.10 Å². The van der Waals surface area contributed by atoms with E-state index in [-0.39, 0.29) is 23.6 Å². The van der Waals surface area contributed by atoms with Crippen LogP contribution >= 0.6 is 0 Å². The van der Waals surface area contributed by atoms with E-state index in [4.69, 9.17) is 9.47 Å². The fourth-order valence-corrected chi connectivity index (χ4v) is 3.40. The van der Waals surface area contributed by atoms with Gasteiger partial charge in [-0.05, 0) is 25.1 Å². The van der Waals surface area contributed by atoms with E-state index in [1.807, 2.05) is 18.2 Å². The summed E-state index contributed by atoms with van der Waals surface area (Å²) in [5.74, 6) is -0.544. The summed E-state index contributed by atoms with van der Waals surface area (Å²) in [4.78, 5) is 40.6. The number of hydrogen-bond acceptors (Lipinski definition) is 8. The molecule has 4 aromatic rings. The Morgan fingerprint density at radius 2 is 1.83 bits per heavy atom. The van der Waals surface area contributed by atoms with Crippen molar-refractivity contribution in [2.45, 2.75) is 6.92 Å². The van der Waals surface area contributed by atoms with Gasteiger partial charge in [-0.1, -0.05) is 48.5 Å². The highest BCUT2D eigenvalue weighted by Crippen LogP contribution is 2.30. The molecule has 0 aliphatic rings. The summed E-state index contributed by atoms with van der Waals surface area (Å²) in [5, 5.41) is 16.2. The summed E-state index contributed by atoms with van der Waals surface area (Å²) in [6, 6.07) is 20.2. The van der Waals surface area contributed by atoms with E-state index in [1.165, 1.54) is 24.4 Å². The second-order valence-electron chi connectivity index (χ2n) is 7.23. The Morgan fingerprint density at radius 1 is 1.09 bits per heavy atom. The summed E-state index contributed by atoms with van der Waals surface area (Å²) < 4.78 is 11.4. The highest BCUT2D eigenvalue weighted by atomic mass is 16.6. The van der Waals surface area contributed by atoms with Gasteiger partial charge in [0.05, 0.1) is 28.6 Å². The third-order valence-corrected chi connectivity index (χ3v) is 4.96. The molecule has 0 fully saturated rings. The minimum atomic E-state index is -0.671. The highest BCUT2D eigenvalue weighted by molar-refractivity contribution is 5.87. The first-order valence-corrected chi connectivity index (χ1v) is 10.7. The van der Waals surface area contributed by atoms with E-state index in [9.17, 15) is 19.7 Å². The standard InChI is InChI=1S/C25H20N4O6/c1-2-34-22(30)16-35-23-18(11-8-14-21(23)29(32)33)15-26-28-24(17-9-4-3-5-10-17)27-20-13-7-6-12-19(20)25(28)31/h3-15H,2,16H2,1H3. The van der Waals surface area contributed by atoms with Crippen LogP contribution in [-0.2, 0) is 9.53 Å². The number of fused-ring (bicyclic) bond motifs is 1. The molecule has 0 atom stereocenters. The lowest BCUT2D eigenvalue weighted by Gasteiger charge is -2.11. The van der Waals surface area contributed by atoms with E-state index < -0.39 is 23.1 Å². The first kappa shape index (κ1) is 23.3. The summed E-state index contributed by atoms with van der Waals surface area (Å²) in [7, 11) is 0. The molecule has 3 aromatic carbocycles. The van der Waals surface area contributed by atoms with Gasteiger partial charge < -0.3 is 9.47 Å². The monoisotopic (exact) mass is 472 g/mol. The van der Waals surface area contributed by atoms with Crippen LogP contribution in [0.2, 0.25) is 0 Å². The van der Waals surface area contributed by atoms with Crippen LogP contribution in [0.25, 0.3) is 22.3 Å². The number of carbonyl (C=O) groups excluding carboxylic acids is 1. The Kier molecular flexibility index (Phi) is 6.91. The number of carbonyl (C=O) groups is 1. The van der Waals surface area contributed by atoms with Crippen LogP contribution in [0.5, 0.6) is 5.75 Å². The fraction of sp³-hybridized carbons (Fsp3) is 0.120. The van der Waals surface area contributed by atoms with E-state index >= 15 is 0 Å². The molecule has 0 bridgehead atoms. The van der Waals surface area contributed by atoms with Gasteiger partial charge in [-0.25, -0.2) is 9.78 Å². The van der Waals surface area contributed by atoms with Crippen LogP contribution in [0.15, 0.2) is 82.7 Å². The minimum absolute atomic E-state index is 0.146. The molecule has 1 aromatic heterocycles. The molecule has 0 spiro atoms. The van der Waals surface area contributed by atoms with Crippen molar-refractivity contribution < 1.29 is 19.2 Å². The molecule has 0 aliphatic carbocycles. The van der Waals surface area contributed by atoms with Gasteiger partial charge in [0.1, 0.15) is 0 Å². The molecular formula is C25H20N4O6. The van der Waals surface area contributed by atoms with Crippen molar-refractivity contribution in [3.8, 4) is 17.1 Å². The lowest BCUT2D eigenvalue weighted by atomic mass is 10.2. The second-order valence-corrected chi connectivity index (χ2v) is 7.23. The average Bonchev–Trinajstić information content (AvgIpc) is 2.87. The molecule has 0 aliphatic heterocycles. The summed E-state index contributed by atoms with van der Waals surface area (Å²) in [5.41, 5.74) is 0.597. The van der Waals surface area contributed by atoms with Gasteiger partial charge in [-0.15, -0.1) is 0 Å². The van der Waals surface area contributed by atoms with E-state index in [0.29, 0.717) is 22.3 Å². The zero-order chi connectivity index (χ0) is 24.8. The number of benzene rings is 3. The van der Waals surface area contributed by atoms with Crippen LogP contribution in [0.3, 0.4) is 0 Å². The van der Waals surface area contributed by atoms with Crippen molar-refractivity contribution in [1.82, 2.24) is 9.66 Å². The van der Waals surface area contributed by atoms with Crippen molar-refractivity contribution in [2.75, 3.05) is 13.2 Å². The smallest absolute Gasteiger partial charge is 0.344 e. The molecule has 10 nitrogen and oxygen atoms in total. The molecule has 0 saturated carbocycles. The van der Waals surface area contributed by atoms with Gasteiger partial charge in [-0.2, -0.15) is 9.78 Å². The largest absolute Gasteiger partial charge is 0.474 e. The van der Waals surface area contributed by atoms with Crippen LogP contribution in [0.4, 0.5) is 5.69 Å². The van der Waals surface area contributed by atoms with Gasteiger partial charge in [-0.3, -0.25) is 14.9 Å². The quantitative estimate of drug-likeness (QED) is 0.165. The fourth-order valence-electron chi connectivity index (χ4n) is 3.40. The third-order valence-electron chi connectivity index (χ3n) is 4.96. The Bertz CT molecular complexity index is 1480. The minimum Gasteiger partial charge on any atom is -0.474 e. The molecule has 0 unspecified atom stereocenters. The Morgan fingerprint density at radius 3 is 2.57 bits per heavy atom. The molecule has 0 amide bonds. The molecule has 0 N–H and O–H groups in total. The number of nitro groups is 1. The molecule has 176 valence electrons. The number of ether oxygens (including phenoxy) is 2. The number of rotatable bonds is 8. The maximum absolute atomic E-state index is 13.3. The number of esters is 1. The third kappa shape index (κ3) is 5.06. The zero-order valence-corrected chi connectivity index (χ0v) is 18.7. The van der Waals surface area contributed by atoms with Gasteiger partial charge in [0.25, 0.3) is 5.56 Å². The number of nitrogens with zero attached hydrogens (tertiary/aromatic N) is 4. The zero-order valence-electron chi connectivity index (χ0n) is 18.7. The van der Waals surface area contributed by atoms with Crippen LogP contribution < -0.4 is 10.3 Å². The van der Waals surface area contributed by atoms with Crippen molar-refractivity contribution >= 4 is 28.8 Å². The van der Waals surface area contributed by atoms with Crippen molar-refractivity contribution in [3.63, 3.8) is 0 Å². The predicted molar refractivity (Wildman–Crippen MR) is 130 cm³/mol. The topological polar surface area (TPSA) is 126 Å². The Balaban J connectivity index is 1.83. The van der Waals surface area contributed by atoms with Gasteiger partial charge >= 0.3 is 11.7 Å². The SMILES string of the molecule is CCOC(=O)COc1c(C=Nn2c(-c3ccccc3)nc3ccccc3c2=O)cccc1[N+](=O)[O-].